The first-order valence-corrected chi connectivity index (χ1v) is 7.12. The number of hydrogen-bond donors (Lipinski definition) is 1. The Morgan fingerprint density at radius 1 is 1.29 bits per heavy atom. The number of likely N-dealkylation sites (N-methyl/N-ethyl adjacent to an activating group) is 1. The van der Waals surface area contributed by atoms with Crippen LogP contribution in [0.25, 0.3) is 0 Å². The third kappa shape index (κ3) is 2.56. The summed E-state index contributed by atoms with van der Waals surface area (Å²) in [4.78, 5) is 11.9. The highest BCUT2D eigenvalue weighted by Crippen LogP contribution is 2.33. The van der Waals surface area contributed by atoms with E-state index in [-0.39, 0.29) is 17.6 Å². The van der Waals surface area contributed by atoms with Gasteiger partial charge in [0.05, 0.1) is 16.7 Å². The van der Waals surface area contributed by atoms with Crippen LogP contribution in [0.4, 0.5) is 0 Å². The molecule has 1 aromatic carbocycles. The number of carbonyl (C=O) groups excluding carboxylic acids is 1. The van der Waals surface area contributed by atoms with Crippen LogP contribution < -0.4 is 5.32 Å². The highest BCUT2D eigenvalue weighted by Gasteiger charge is 2.36. The minimum Gasteiger partial charge on any atom is -0.313 e. The third-order valence-electron chi connectivity index (χ3n) is 2.81. The normalized spacial score (nSPS) is 15.8. The van der Waals surface area contributed by atoms with E-state index in [9.17, 15) is 13.2 Å². The number of ketones is 1. The van der Waals surface area contributed by atoms with Crippen molar-refractivity contribution >= 4 is 15.6 Å². The lowest BCUT2D eigenvalue weighted by Crippen LogP contribution is -2.18. The molecule has 1 N–H and O–H groups in total. The molecule has 0 unspecified atom stereocenters. The van der Waals surface area contributed by atoms with Gasteiger partial charge < -0.3 is 5.32 Å². The Hall–Kier alpha value is -1.20. The molecular formula is C12H15NO3S. The summed E-state index contributed by atoms with van der Waals surface area (Å²) in [5.74, 6) is -0.0390. The van der Waals surface area contributed by atoms with Gasteiger partial charge in [-0.1, -0.05) is 12.1 Å². The van der Waals surface area contributed by atoms with Crippen LogP contribution in [-0.4, -0.2) is 33.0 Å². The summed E-state index contributed by atoms with van der Waals surface area (Å²) in [6, 6.07) is 6.21. The van der Waals surface area contributed by atoms with E-state index < -0.39 is 9.84 Å². The van der Waals surface area contributed by atoms with Gasteiger partial charge in [0.2, 0.25) is 0 Å². The van der Waals surface area contributed by atoms with Crippen molar-refractivity contribution in [3.05, 3.63) is 29.8 Å². The molecule has 0 aliphatic heterocycles. The van der Waals surface area contributed by atoms with Crippen LogP contribution >= 0.6 is 0 Å². The molecule has 0 amide bonds. The van der Waals surface area contributed by atoms with E-state index in [1.165, 1.54) is 12.1 Å². The molecule has 1 aliphatic carbocycles. The number of rotatable bonds is 5. The Labute approximate surface area is 101 Å². The average molecular weight is 253 g/mol. The van der Waals surface area contributed by atoms with Crippen molar-refractivity contribution in [3.63, 3.8) is 0 Å². The molecule has 92 valence electrons. The number of sulfone groups is 1. The fourth-order valence-corrected chi connectivity index (χ4v) is 3.32. The monoisotopic (exact) mass is 253 g/mol. The van der Waals surface area contributed by atoms with Crippen molar-refractivity contribution in [1.82, 2.24) is 5.32 Å². The van der Waals surface area contributed by atoms with E-state index in [0.29, 0.717) is 10.5 Å². The van der Waals surface area contributed by atoms with Gasteiger partial charge in [-0.2, -0.15) is 0 Å². The predicted molar refractivity (Wildman–Crippen MR) is 64.9 cm³/mol. The summed E-state index contributed by atoms with van der Waals surface area (Å²) in [7, 11) is -1.45. The van der Waals surface area contributed by atoms with Gasteiger partial charge in [-0.3, -0.25) is 4.79 Å². The van der Waals surface area contributed by atoms with Crippen LogP contribution in [-0.2, 0) is 9.84 Å². The molecule has 4 nitrogen and oxygen atoms in total. The smallest absolute Gasteiger partial charge is 0.181 e. The molecule has 1 aromatic rings. The topological polar surface area (TPSA) is 63.2 Å². The maximum atomic E-state index is 11.9. The van der Waals surface area contributed by atoms with E-state index in [2.05, 4.69) is 5.32 Å². The third-order valence-corrected chi connectivity index (χ3v) is 5.08. The van der Waals surface area contributed by atoms with Crippen LogP contribution in [0.2, 0.25) is 0 Å². The molecule has 0 radical (unpaired) electrons. The highest BCUT2D eigenvalue weighted by atomic mass is 32.2. The first kappa shape index (κ1) is 12.3. The molecular weight excluding hydrogens is 238 g/mol. The van der Waals surface area contributed by atoms with Crippen molar-refractivity contribution < 1.29 is 13.2 Å². The number of hydrogen-bond acceptors (Lipinski definition) is 4. The second-order valence-electron chi connectivity index (χ2n) is 4.22. The van der Waals surface area contributed by atoms with Crippen LogP contribution in [0.3, 0.4) is 0 Å². The Bertz CT molecular complexity index is 515. The summed E-state index contributed by atoms with van der Waals surface area (Å²) in [6.07, 6.45) is 1.51. The number of nitrogens with one attached hydrogen (secondary N) is 1. The lowest BCUT2D eigenvalue weighted by Gasteiger charge is -2.04. The van der Waals surface area contributed by atoms with Crippen LogP contribution in [0.15, 0.2) is 29.2 Å². The summed E-state index contributed by atoms with van der Waals surface area (Å²) < 4.78 is 23.8. The van der Waals surface area contributed by atoms with Gasteiger partial charge in [0.15, 0.2) is 15.6 Å². The van der Waals surface area contributed by atoms with Crippen LogP contribution in [0.5, 0.6) is 0 Å². The Balaban J connectivity index is 2.21. The Kier molecular flexibility index (Phi) is 3.31. The van der Waals surface area contributed by atoms with Gasteiger partial charge in [0.25, 0.3) is 0 Å². The summed E-state index contributed by atoms with van der Waals surface area (Å²) >= 11 is 0. The molecule has 0 bridgehead atoms. The first-order valence-electron chi connectivity index (χ1n) is 5.57. The second kappa shape index (κ2) is 4.58. The van der Waals surface area contributed by atoms with Gasteiger partial charge in [-0.05, 0) is 32.0 Å². The van der Waals surface area contributed by atoms with Gasteiger partial charge >= 0.3 is 0 Å². The van der Waals surface area contributed by atoms with Crippen molar-refractivity contribution in [3.8, 4) is 0 Å². The lowest BCUT2D eigenvalue weighted by atomic mass is 10.1. The molecule has 5 heteroatoms. The van der Waals surface area contributed by atoms with E-state index in [1.807, 2.05) is 0 Å². The predicted octanol–water partition coefficient (Wildman–Crippen LogP) is 1.02. The summed E-state index contributed by atoms with van der Waals surface area (Å²) in [6.45, 7) is 0.259. The average Bonchev–Trinajstić information content (AvgIpc) is 3.13. The number of benzene rings is 1. The molecule has 0 aromatic heterocycles. The molecule has 0 saturated heterocycles. The molecule has 1 aliphatic rings. The van der Waals surface area contributed by atoms with E-state index >= 15 is 0 Å². The highest BCUT2D eigenvalue weighted by molar-refractivity contribution is 7.92. The van der Waals surface area contributed by atoms with Crippen LogP contribution in [0, 0.1) is 0 Å². The molecule has 2 rings (SSSR count). The molecule has 1 fully saturated rings. The summed E-state index contributed by atoms with van der Waals surface area (Å²) in [5, 5.41) is 2.56. The maximum Gasteiger partial charge on any atom is 0.181 e. The Morgan fingerprint density at radius 2 is 1.88 bits per heavy atom. The van der Waals surface area contributed by atoms with E-state index in [1.54, 1.807) is 19.2 Å². The van der Waals surface area contributed by atoms with E-state index in [4.69, 9.17) is 0 Å². The summed E-state index contributed by atoms with van der Waals surface area (Å²) in [5.41, 5.74) is 0.536. The van der Waals surface area contributed by atoms with Gasteiger partial charge in [0.1, 0.15) is 0 Å². The zero-order valence-electron chi connectivity index (χ0n) is 9.64. The van der Waals surface area contributed by atoms with E-state index in [0.717, 1.165) is 12.8 Å². The lowest BCUT2D eigenvalue weighted by molar-refractivity contribution is 0.0993. The van der Waals surface area contributed by atoms with Crippen molar-refractivity contribution in [2.24, 2.45) is 0 Å². The Morgan fingerprint density at radius 3 is 2.35 bits per heavy atom. The van der Waals surface area contributed by atoms with Crippen molar-refractivity contribution in [1.29, 1.82) is 0 Å². The number of Topliss-reactive ketones (excluding diaryl/α,β-unsaturated/α-hetero) is 1. The number of carbonyl (C=O) groups is 1. The molecule has 17 heavy (non-hydrogen) atoms. The molecule has 1 saturated carbocycles. The standard InChI is InChI=1S/C12H15NO3S/c1-13-8-12(14)9-2-4-10(5-3-9)17(15,16)11-6-7-11/h2-5,11,13H,6-8H2,1H3. The minimum absolute atomic E-state index is 0.0390. The minimum atomic E-state index is -3.15. The zero-order valence-corrected chi connectivity index (χ0v) is 10.5. The van der Waals surface area contributed by atoms with Crippen molar-refractivity contribution in [2.45, 2.75) is 23.0 Å². The van der Waals surface area contributed by atoms with Crippen molar-refractivity contribution in [2.75, 3.05) is 13.6 Å². The first-order chi connectivity index (χ1) is 8.05. The fourth-order valence-electron chi connectivity index (χ4n) is 1.66. The SMILES string of the molecule is CNCC(=O)c1ccc(S(=O)(=O)C2CC2)cc1. The van der Waals surface area contributed by atoms with Crippen LogP contribution in [0.1, 0.15) is 23.2 Å². The molecule has 0 spiro atoms. The second-order valence-corrected chi connectivity index (χ2v) is 6.45. The molecule has 0 heterocycles. The largest absolute Gasteiger partial charge is 0.313 e. The van der Waals surface area contributed by atoms with Gasteiger partial charge in [-0.15, -0.1) is 0 Å². The maximum absolute atomic E-state index is 11.9. The van der Waals surface area contributed by atoms with Gasteiger partial charge in [-0.25, -0.2) is 8.42 Å². The zero-order chi connectivity index (χ0) is 12.5. The fraction of sp³-hybridized carbons (Fsp3) is 0.417. The molecule has 0 atom stereocenters. The van der Waals surface area contributed by atoms with Gasteiger partial charge in [0, 0.05) is 5.56 Å². The quantitative estimate of drug-likeness (QED) is 0.796.